The summed E-state index contributed by atoms with van der Waals surface area (Å²) in [5.74, 6) is 0.104. The summed E-state index contributed by atoms with van der Waals surface area (Å²) in [5.41, 5.74) is 0. The van der Waals surface area contributed by atoms with Gasteiger partial charge in [0.1, 0.15) is 5.82 Å². The number of hydrogen-bond donors (Lipinski definition) is 1. The van der Waals surface area contributed by atoms with Gasteiger partial charge in [-0.2, -0.15) is 0 Å². The summed E-state index contributed by atoms with van der Waals surface area (Å²) >= 11 is 3.07. The lowest BCUT2D eigenvalue weighted by Crippen LogP contribution is -2.43. The molecule has 94 valence electrons. The number of benzene rings is 1. The zero-order valence-corrected chi connectivity index (χ0v) is 11.7. The minimum absolute atomic E-state index is 0.00644. The SMILES string of the molecule is CC1CC(NS(=O)(=O)c2ccc(F)cc2Br)C1. The summed E-state index contributed by atoms with van der Waals surface area (Å²) < 4.78 is 39.8. The molecule has 0 unspecified atom stereocenters. The van der Waals surface area contributed by atoms with Crippen molar-refractivity contribution in [3.05, 3.63) is 28.5 Å². The standard InChI is InChI=1S/C11H13BrFNO2S/c1-7-4-9(5-7)14-17(15,16)11-3-2-8(13)6-10(11)12/h2-3,6-7,9,14H,4-5H2,1H3. The molecule has 1 aromatic rings. The van der Waals surface area contributed by atoms with Crippen LogP contribution >= 0.6 is 15.9 Å². The maximum Gasteiger partial charge on any atom is 0.241 e. The molecule has 0 radical (unpaired) electrons. The Labute approximate surface area is 109 Å². The number of nitrogens with one attached hydrogen (secondary N) is 1. The van der Waals surface area contributed by atoms with Crippen molar-refractivity contribution in [1.82, 2.24) is 4.72 Å². The van der Waals surface area contributed by atoms with Gasteiger partial charge < -0.3 is 0 Å². The Morgan fingerprint density at radius 1 is 1.41 bits per heavy atom. The zero-order chi connectivity index (χ0) is 12.6. The fraction of sp³-hybridized carbons (Fsp3) is 0.455. The van der Waals surface area contributed by atoms with Gasteiger partial charge in [0.25, 0.3) is 0 Å². The van der Waals surface area contributed by atoms with Crippen molar-refractivity contribution in [3.8, 4) is 0 Å². The highest BCUT2D eigenvalue weighted by Gasteiger charge is 2.30. The van der Waals surface area contributed by atoms with E-state index < -0.39 is 15.8 Å². The van der Waals surface area contributed by atoms with Gasteiger partial charge in [-0.25, -0.2) is 17.5 Å². The zero-order valence-electron chi connectivity index (χ0n) is 9.28. The minimum atomic E-state index is -3.55. The van der Waals surface area contributed by atoms with Crippen LogP contribution in [-0.4, -0.2) is 14.5 Å². The molecule has 0 aromatic heterocycles. The van der Waals surface area contributed by atoms with E-state index in [-0.39, 0.29) is 15.4 Å². The second-order valence-electron chi connectivity index (χ2n) is 4.47. The molecular weight excluding hydrogens is 309 g/mol. The second-order valence-corrected chi connectivity index (χ2v) is 7.01. The molecule has 0 bridgehead atoms. The van der Waals surface area contributed by atoms with Crippen molar-refractivity contribution in [2.24, 2.45) is 5.92 Å². The molecule has 1 N–H and O–H groups in total. The van der Waals surface area contributed by atoms with Crippen LogP contribution in [0.2, 0.25) is 0 Å². The number of halogens is 2. The first-order valence-corrected chi connectivity index (χ1v) is 7.63. The van der Waals surface area contributed by atoms with Crippen molar-refractivity contribution in [3.63, 3.8) is 0 Å². The minimum Gasteiger partial charge on any atom is -0.208 e. The van der Waals surface area contributed by atoms with Gasteiger partial charge in [0.15, 0.2) is 0 Å². The molecule has 0 atom stereocenters. The van der Waals surface area contributed by atoms with E-state index in [0.29, 0.717) is 5.92 Å². The van der Waals surface area contributed by atoms with Gasteiger partial charge in [0.2, 0.25) is 10.0 Å². The average molecular weight is 322 g/mol. The van der Waals surface area contributed by atoms with E-state index in [9.17, 15) is 12.8 Å². The van der Waals surface area contributed by atoms with Gasteiger partial charge in [-0.3, -0.25) is 0 Å². The number of hydrogen-bond acceptors (Lipinski definition) is 2. The summed E-state index contributed by atoms with van der Waals surface area (Å²) in [5, 5.41) is 0. The van der Waals surface area contributed by atoms with Gasteiger partial charge in [-0.05, 0) is 52.9 Å². The van der Waals surface area contributed by atoms with Crippen LogP contribution in [0.1, 0.15) is 19.8 Å². The molecule has 0 amide bonds. The molecule has 0 spiro atoms. The van der Waals surface area contributed by atoms with Crippen LogP contribution < -0.4 is 4.72 Å². The predicted octanol–water partition coefficient (Wildman–Crippen LogP) is 2.67. The summed E-state index contributed by atoms with van der Waals surface area (Å²) in [7, 11) is -3.55. The molecule has 0 aliphatic heterocycles. The van der Waals surface area contributed by atoms with Crippen LogP contribution in [0.15, 0.2) is 27.6 Å². The van der Waals surface area contributed by atoms with Gasteiger partial charge in [-0.1, -0.05) is 6.92 Å². The van der Waals surface area contributed by atoms with E-state index in [1.54, 1.807) is 0 Å². The first-order valence-electron chi connectivity index (χ1n) is 5.36. The van der Waals surface area contributed by atoms with Crippen molar-refractivity contribution < 1.29 is 12.8 Å². The maximum absolute atomic E-state index is 12.9. The monoisotopic (exact) mass is 321 g/mol. The van der Waals surface area contributed by atoms with E-state index in [4.69, 9.17) is 0 Å². The highest BCUT2D eigenvalue weighted by atomic mass is 79.9. The lowest BCUT2D eigenvalue weighted by atomic mass is 9.83. The second kappa shape index (κ2) is 4.66. The van der Waals surface area contributed by atoms with Crippen LogP contribution in [-0.2, 0) is 10.0 Å². The fourth-order valence-electron chi connectivity index (χ4n) is 1.97. The highest BCUT2D eigenvalue weighted by Crippen LogP contribution is 2.29. The Balaban J connectivity index is 2.20. The van der Waals surface area contributed by atoms with E-state index in [1.807, 2.05) is 0 Å². The van der Waals surface area contributed by atoms with Gasteiger partial charge in [-0.15, -0.1) is 0 Å². The van der Waals surface area contributed by atoms with Crippen molar-refractivity contribution in [2.45, 2.75) is 30.7 Å². The summed E-state index contributed by atoms with van der Waals surface area (Å²) in [6.07, 6.45) is 1.72. The molecule has 3 nitrogen and oxygen atoms in total. The smallest absolute Gasteiger partial charge is 0.208 e. The highest BCUT2D eigenvalue weighted by molar-refractivity contribution is 9.10. The van der Waals surface area contributed by atoms with Crippen molar-refractivity contribution in [2.75, 3.05) is 0 Å². The summed E-state index contributed by atoms with van der Waals surface area (Å²) in [4.78, 5) is 0.0819. The maximum atomic E-state index is 12.9. The largest absolute Gasteiger partial charge is 0.241 e. The van der Waals surface area contributed by atoms with Crippen LogP contribution in [0.3, 0.4) is 0 Å². The first-order chi connectivity index (χ1) is 7.88. The van der Waals surface area contributed by atoms with E-state index >= 15 is 0 Å². The van der Waals surface area contributed by atoms with Gasteiger partial charge in [0, 0.05) is 10.5 Å². The summed E-state index contributed by atoms with van der Waals surface area (Å²) in [6.45, 7) is 2.08. The molecule has 2 rings (SSSR count). The first kappa shape index (κ1) is 13.0. The van der Waals surface area contributed by atoms with Crippen LogP contribution in [0.5, 0.6) is 0 Å². The topological polar surface area (TPSA) is 46.2 Å². The summed E-state index contributed by atoms with van der Waals surface area (Å²) in [6, 6.07) is 3.57. The molecule has 0 heterocycles. The van der Waals surface area contributed by atoms with Crippen molar-refractivity contribution >= 4 is 26.0 Å². The molecule has 1 aromatic carbocycles. The quantitative estimate of drug-likeness (QED) is 0.930. The molecule has 1 fully saturated rings. The average Bonchev–Trinajstić information content (AvgIpc) is 2.14. The van der Waals surface area contributed by atoms with Crippen LogP contribution in [0, 0.1) is 11.7 Å². The Morgan fingerprint density at radius 2 is 2.06 bits per heavy atom. The third-order valence-corrected chi connectivity index (χ3v) is 5.38. The third-order valence-electron chi connectivity index (χ3n) is 2.88. The van der Waals surface area contributed by atoms with Crippen LogP contribution in [0.25, 0.3) is 0 Å². The van der Waals surface area contributed by atoms with E-state index in [1.165, 1.54) is 6.07 Å². The lowest BCUT2D eigenvalue weighted by Gasteiger charge is -2.32. The lowest BCUT2D eigenvalue weighted by molar-refractivity contribution is 0.270. The molecule has 1 aliphatic rings. The number of sulfonamides is 1. The normalized spacial score (nSPS) is 24.4. The Hall–Kier alpha value is -0.460. The van der Waals surface area contributed by atoms with Crippen molar-refractivity contribution in [1.29, 1.82) is 0 Å². The molecule has 0 saturated heterocycles. The molecule has 6 heteroatoms. The Bertz CT molecular complexity index is 526. The third kappa shape index (κ3) is 2.86. The Kier molecular flexibility index (Phi) is 3.56. The molecular formula is C11H13BrFNO2S. The van der Waals surface area contributed by atoms with Crippen LogP contribution in [0.4, 0.5) is 4.39 Å². The van der Waals surface area contributed by atoms with E-state index in [2.05, 4.69) is 27.6 Å². The molecule has 1 saturated carbocycles. The number of rotatable bonds is 3. The van der Waals surface area contributed by atoms with Gasteiger partial charge >= 0.3 is 0 Å². The molecule has 1 aliphatic carbocycles. The predicted molar refractivity (Wildman–Crippen MR) is 66.6 cm³/mol. The fourth-order valence-corrected chi connectivity index (χ4v) is 4.29. The Morgan fingerprint density at radius 3 is 2.59 bits per heavy atom. The van der Waals surface area contributed by atoms with Gasteiger partial charge in [0.05, 0.1) is 4.90 Å². The molecule has 17 heavy (non-hydrogen) atoms. The van der Waals surface area contributed by atoms with E-state index in [0.717, 1.165) is 25.0 Å².